The number of methoxy groups -OCH3 is 3. The average molecular weight is 410 g/mol. The minimum absolute atomic E-state index is 0.0368. The molecular weight excluding hydrogens is 384 g/mol. The fourth-order valence-electron chi connectivity index (χ4n) is 3.00. The fourth-order valence-corrected chi connectivity index (χ4v) is 3.00. The van der Waals surface area contributed by atoms with Crippen molar-refractivity contribution in [2.75, 3.05) is 27.9 Å². The molecular formula is C23H26N2O5. The quantitative estimate of drug-likeness (QED) is 0.549. The molecule has 0 aliphatic heterocycles. The number of ether oxygens (including phenoxy) is 3. The zero-order chi connectivity index (χ0) is 21.3. The molecule has 0 bridgehead atoms. The normalized spacial score (nSPS) is 10.5. The van der Waals surface area contributed by atoms with Crippen LogP contribution in [0.2, 0.25) is 0 Å². The molecule has 2 aromatic carbocycles. The minimum Gasteiger partial charge on any atom is -0.497 e. The van der Waals surface area contributed by atoms with Crippen molar-refractivity contribution in [2.45, 2.75) is 19.3 Å². The van der Waals surface area contributed by atoms with E-state index < -0.39 is 0 Å². The monoisotopic (exact) mass is 410 g/mol. The highest BCUT2D eigenvalue weighted by Crippen LogP contribution is 2.33. The topological polar surface area (TPSA) is 82.8 Å². The van der Waals surface area contributed by atoms with Crippen LogP contribution in [0.1, 0.15) is 17.9 Å². The lowest BCUT2D eigenvalue weighted by Crippen LogP contribution is -2.25. The second kappa shape index (κ2) is 10.3. The second-order valence-corrected chi connectivity index (χ2v) is 6.63. The maximum Gasteiger partial charge on any atom is 0.220 e. The number of hydrogen-bond acceptors (Lipinski definition) is 6. The lowest BCUT2D eigenvalue weighted by Gasteiger charge is -2.08. The number of nitrogens with one attached hydrogen (secondary N) is 1. The molecule has 1 aromatic heterocycles. The van der Waals surface area contributed by atoms with Crippen molar-refractivity contribution >= 4 is 5.91 Å². The second-order valence-electron chi connectivity index (χ2n) is 6.63. The van der Waals surface area contributed by atoms with Crippen LogP contribution in [0.25, 0.3) is 11.3 Å². The molecule has 0 radical (unpaired) electrons. The van der Waals surface area contributed by atoms with Gasteiger partial charge in [0.05, 0.1) is 33.1 Å². The number of carbonyl (C=O) groups is 1. The standard InChI is InChI=1S/C23H26N2O5/c1-27-17-6-4-16(5-7-17)12-13-24-22(26)10-11-23-25-15-21(30-23)19-9-8-18(28-2)14-20(19)29-3/h4-9,14-15H,10-13H2,1-3H3,(H,24,26). The molecule has 158 valence electrons. The predicted molar refractivity (Wildman–Crippen MR) is 113 cm³/mol. The van der Waals surface area contributed by atoms with Gasteiger partial charge in [-0.3, -0.25) is 4.79 Å². The van der Waals surface area contributed by atoms with Crippen molar-refractivity contribution in [1.29, 1.82) is 0 Å². The highest BCUT2D eigenvalue weighted by Gasteiger charge is 2.13. The summed E-state index contributed by atoms with van der Waals surface area (Å²) in [5.74, 6) is 3.21. The minimum atomic E-state index is -0.0368. The number of aromatic nitrogens is 1. The largest absolute Gasteiger partial charge is 0.497 e. The molecule has 0 spiro atoms. The summed E-state index contributed by atoms with van der Waals surface area (Å²) in [4.78, 5) is 16.4. The Morgan fingerprint density at radius 1 is 0.967 bits per heavy atom. The van der Waals surface area contributed by atoms with Gasteiger partial charge in [-0.2, -0.15) is 0 Å². The van der Waals surface area contributed by atoms with Gasteiger partial charge in [0.2, 0.25) is 5.91 Å². The van der Waals surface area contributed by atoms with E-state index in [4.69, 9.17) is 18.6 Å². The third kappa shape index (κ3) is 5.53. The molecule has 0 aliphatic carbocycles. The molecule has 0 saturated heterocycles. The van der Waals surface area contributed by atoms with Gasteiger partial charge in [0, 0.05) is 25.5 Å². The Hall–Kier alpha value is -3.48. The van der Waals surface area contributed by atoms with Crippen LogP contribution in [0.3, 0.4) is 0 Å². The van der Waals surface area contributed by atoms with E-state index in [2.05, 4.69) is 10.3 Å². The maximum atomic E-state index is 12.1. The van der Waals surface area contributed by atoms with E-state index in [-0.39, 0.29) is 5.91 Å². The van der Waals surface area contributed by atoms with Crippen LogP contribution >= 0.6 is 0 Å². The molecule has 0 unspecified atom stereocenters. The number of rotatable bonds is 10. The van der Waals surface area contributed by atoms with Crippen LogP contribution in [0, 0.1) is 0 Å². The molecule has 1 amide bonds. The van der Waals surface area contributed by atoms with E-state index >= 15 is 0 Å². The first-order valence-electron chi connectivity index (χ1n) is 9.69. The molecule has 0 fully saturated rings. The fraction of sp³-hybridized carbons (Fsp3) is 0.304. The summed E-state index contributed by atoms with van der Waals surface area (Å²) in [6.07, 6.45) is 3.13. The van der Waals surface area contributed by atoms with Crippen LogP contribution in [-0.2, 0) is 17.6 Å². The molecule has 0 atom stereocenters. The van der Waals surface area contributed by atoms with Gasteiger partial charge < -0.3 is 23.9 Å². The molecule has 7 nitrogen and oxygen atoms in total. The summed E-state index contributed by atoms with van der Waals surface area (Å²) >= 11 is 0. The van der Waals surface area contributed by atoms with Crippen LogP contribution in [-0.4, -0.2) is 38.8 Å². The Morgan fingerprint density at radius 2 is 1.70 bits per heavy atom. The van der Waals surface area contributed by atoms with E-state index in [0.29, 0.717) is 42.5 Å². The first-order chi connectivity index (χ1) is 14.6. The Labute approximate surface area is 176 Å². The highest BCUT2D eigenvalue weighted by atomic mass is 16.5. The summed E-state index contributed by atoms with van der Waals surface area (Å²) in [5.41, 5.74) is 1.92. The SMILES string of the molecule is COc1ccc(CCNC(=O)CCc2ncc(-c3ccc(OC)cc3OC)o2)cc1. The summed E-state index contributed by atoms with van der Waals surface area (Å²) in [6.45, 7) is 0.574. The van der Waals surface area contributed by atoms with Crippen molar-refractivity contribution < 1.29 is 23.4 Å². The van der Waals surface area contributed by atoms with E-state index in [1.807, 2.05) is 36.4 Å². The van der Waals surface area contributed by atoms with Crippen molar-refractivity contribution in [3.8, 4) is 28.6 Å². The number of carbonyl (C=O) groups excluding carboxylic acids is 1. The van der Waals surface area contributed by atoms with Gasteiger partial charge in [-0.15, -0.1) is 0 Å². The molecule has 7 heteroatoms. The van der Waals surface area contributed by atoms with Gasteiger partial charge in [0.15, 0.2) is 11.7 Å². The first kappa shape index (κ1) is 21.2. The number of hydrogen-bond donors (Lipinski definition) is 1. The predicted octanol–water partition coefficient (Wildman–Crippen LogP) is 3.66. The van der Waals surface area contributed by atoms with Gasteiger partial charge >= 0.3 is 0 Å². The van der Waals surface area contributed by atoms with Crippen LogP contribution in [0.5, 0.6) is 17.2 Å². The molecule has 30 heavy (non-hydrogen) atoms. The summed E-state index contributed by atoms with van der Waals surface area (Å²) in [6, 6.07) is 13.3. The van der Waals surface area contributed by atoms with Gasteiger partial charge in [-0.25, -0.2) is 4.98 Å². The number of nitrogens with zero attached hydrogens (tertiary/aromatic N) is 1. The molecule has 3 aromatic rings. The van der Waals surface area contributed by atoms with Crippen molar-refractivity contribution in [2.24, 2.45) is 0 Å². The lowest BCUT2D eigenvalue weighted by atomic mass is 10.1. The maximum absolute atomic E-state index is 12.1. The van der Waals surface area contributed by atoms with Gasteiger partial charge in [-0.05, 0) is 36.2 Å². The smallest absolute Gasteiger partial charge is 0.220 e. The van der Waals surface area contributed by atoms with Gasteiger partial charge in [0.1, 0.15) is 17.2 Å². The highest BCUT2D eigenvalue weighted by molar-refractivity contribution is 5.76. The molecule has 1 heterocycles. The first-order valence-corrected chi connectivity index (χ1v) is 9.69. The molecule has 3 rings (SSSR count). The van der Waals surface area contributed by atoms with Crippen LogP contribution < -0.4 is 19.5 Å². The lowest BCUT2D eigenvalue weighted by molar-refractivity contribution is -0.121. The van der Waals surface area contributed by atoms with Gasteiger partial charge in [0.25, 0.3) is 0 Å². The zero-order valence-electron chi connectivity index (χ0n) is 17.4. The number of benzene rings is 2. The molecule has 0 aliphatic rings. The Kier molecular flexibility index (Phi) is 7.32. The Morgan fingerprint density at radius 3 is 2.40 bits per heavy atom. The Balaban J connectivity index is 1.48. The summed E-state index contributed by atoms with van der Waals surface area (Å²) < 4.78 is 21.6. The van der Waals surface area contributed by atoms with E-state index in [0.717, 1.165) is 23.3 Å². The van der Waals surface area contributed by atoms with Crippen LogP contribution in [0.15, 0.2) is 53.1 Å². The van der Waals surface area contributed by atoms with Gasteiger partial charge in [-0.1, -0.05) is 12.1 Å². The number of amides is 1. The van der Waals surface area contributed by atoms with E-state index in [1.165, 1.54) is 0 Å². The zero-order valence-corrected chi connectivity index (χ0v) is 17.4. The number of oxazole rings is 1. The third-order valence-corrected chi connectivity index (χ3v) is 4.69. The summed E-state index contributed by atoms with van der Waals surface area (Å²) in [7, 11) is 4.83. The van der Waals surface area contributed by atoms with Crippen LogP contribution in [0.4, 0.5) is 0 Å². The molecule has 1 N–H and O–H groups in total. The van der Waals surface area contributed by atoms with Crippen molar-refractivity contribution in [3.05, 3.63) is 60.1 Å². The third-order valence-electron chi connectivity index (χ3n) is 4.69. The Bertz CT molecular complexity index is 966. The number of aryl methyl sites for hydroxylation is 1. The van der Waals surface area contributed by atoms with E-state index in [1.54, 1.807) is 33.6 Å². The molecule has 0 saturated carbocycles. The average Bonchev–Trinajstić information content (AvgIpc) is 3.26. The van der Waals surface area contributed by atoms with Crippen molar-refractivity contribution in [1.82, 2.24) is 10.3 Å². The summed E-state index contributed by atoms with van der Waals surface area (Å²) in [5, 5.41) is 2.93. The van der Waals surface area contributed by atoms with E-state index in [9.17, 15) is 4.79 Å². The van der Waals surface area contributed by atoms with Crippen molar-refractivity contribution in [3.63, 3.8) is 0 Å².